The van der Waals surface area contributed by atoms with Gasteiger partial charge in [-0.2, -0.15) is 0 Å². The van der Waals surface area contributed by atoms with Crippen LogP contribution in [0.15, 0.2) is 42.5 Å². The zero-order valence-electron chi connectivity index (χ0n) is 27.0. The quantitative estimate of drug-likeness (QED) is 0.0863. The van der Waals surface area contributed by atoms with Crippen LogP contribution in [0, 0.1) is 0 Å². The van der Waals surface area contributed by atoms with Gasteiger partial charge in [0.25, 0.3) is 0 Å². The van der Waals surface area contributed by atoms with E-state index in [1.54, 1.807) is 20.1 Å². The summed E-state index contributed by atoms with van der Waals surface area (Å²) in [7, 11) is 3.08. The lowest BCUT2D eigenvalue weighted by molar-refractivity contribution is -0.360. The van der Waals surface area contributed by atoms with Crippen molar-refractivity contribution in [3.05, 3.63) is 53.6 Å². The van der Waals surface area contributed by atoms with E-state index in [4.69, 9.17) is 33.2 Å². The SMILES string of the molecule is COc1ccc(CCC(C)OC2OC(COC(=O)C=Cc3ccc(O)c(O)c3)C(O)C(OC3OC(C)C(O)C(O)C3O)C2O)cc1OC. The number of carbonyl (C=O) groups is 1. The number of ether oxygens (including phenoxy) is 7. The fraction of sp³-hybridized carbons (Fsp3) is 0.545. The van der Waals surface area contributed by atoms with Crippen LogP contribution in [0.1, 0.15) is 31.4 Å². The molecule has 0 radical (unpaired) electrons. The number of aliphatic hydroxyl groups excluding tert-OH is 5. The third-order valence-corrected chi connectivity index (χ3v) is 8.20. The second kappa shape index (κ2) is 16.7. The van der Waals surface area contributed by atoms with Crippen molar-refractivity contribution in [1.29, 1.82) is 0 Å². The Kier molecular flexibility index (Phi) is 13.0. The second-order valence-corrected chi connectivity index (χ2v) is 11.7. The summed E-state index contributed by atoms with van der Waals surface area (Å²) in [5.74, 6) is -0.383. The summed E-state index contributed by atoms with van der Waals surface area (Å²) in [5.41, 5.74) is 1.33. The predicted octanol–water partition coefficient (Wildman–Crippen LogP) is 0.369. The fourth-order valence-electron chi connectivity index (χ4n) is 5.32. The Morgan fingerprint density at radius 2 is 1.58 bits per heavy atom. The van der Waals surface area contributed by atoms with Crippen LogP contribution in [0.3, 0.4) is 0 Å². The van der Waals surface area contributed by atoms with Crippen LogP contribution in [0.4, 0.5) is 0 Å². The molecule has 2 aliphatic rings. The Morgan fingerprint density at radius 3 is 2.27 bits per heavy atom. The maximum absolute atomic E-state index is 12.5. The molecule has 266 valence electrons. The van der Waals surface area contributed by atoms with Gasteiger partial charge in [0, 0.05) is 6.08 Å². The highest BCUT2D eigenvalue weighted by atomic mass is 16.7. The molecule has 4 rings (SSSR count). The Bertz CT molecular complexity index is 1380. The van der Waals surface area contributed by atoms with E-state index in [0.29, 0.717) is 29.9 Å². The van der Waals surface area contributed by atoms with Gasteiger partial charge in [-0.05, 0) is 68.2 Å². The van der Waals surface area contributed by atoms with Crippen molar-refractivity contribution in [2.75, 3.05) is 20.8 Å². The van der Waals surface area contributed by atoms with E-state index in [1.165, 1.54) is 38.3 Å². The van der Waals surface area contributed by atoms with Gasteiger partial charge in [0.05, 0.1) is 26.4 Å². The Labute approximate surface area is 277 Å². The number of hydrogen-bond donors (Lipinski definition) is 7. The number of methoxy groups -OCH3 is 2. The van der Waals surface area contributed by atoms with Gasteiger partial charge in [0.15, 0.2) is 35.6 Å². The van der Waals surface area contributed by atoms with Crippen molar-refractivity contribution in [3.63, 3.8) is 0 Å². The minimum atomic E-state index is -1.72. The van der Waals surface area contributed by atoms with Crippen molar-refractivity contribution in [1.82, 2.24) is 0 Å². The highest BCUT2D eigenvalue weighted by Gasteiger charge is 2.51. The van der Waals surface area contributed by atoms with Gasteiger partial charge in [0.1, 0.15) is 49.3 Å². The molecule has 11 atom stereocenters. The van der Waals surface area contributed by atoms with E-state index in [-0.39, 0.29) is 11.5 Å². The highest BCUT2D eigenvalue weighted by molar-refractivity contribution is 5.87. The van der Waals surface area contributed by atoms with Gasteiger partial charge in [-0.15, -0.1) is 0 Å². The first-order valence-electron chi connectivity index (χ1n) is 15.4. The number of rotatable bonds is 13. The smallest absolute Gasteiger partial charge is 0.330 e. The molecule has 0 aromatic heterocycles. The molecule has 0 aliphatic carbocycles. The number of benzene rings is 2. The summed E-state index contributed by atoms with van der Waals surface area (Å²) in [5, 5.41) is 72.4. The first-order chi connectivity index (χ1) is 22.8. The molecule has 0 spiro atoms. The average molecular weight is 681 g/mol. The van der Waals surface area contributed by atoms with Crippen LogP contribution in [0.5, 0.6) is 23.0 Å². The standard InChI is InChI=1S/C33H44O15/c1-16(5-6-19-8-11-22(42-3)23(14-19)43-4)45-33-30(41)31(48-32-29(40)28(39)26(37)17(2)46-32)27(38)24(47-33)15-44-25(36)12-9-18-7-10-20(34)21(35)13-18/h7-14,16-17,24,26-35,37-41H,5-6,15H2,1-4H3. The zero-order chi connectivity index (χ0) is 35.1. The minimum absolute atomic E-state index is 0.324. The van der Waals surface area contributed by atoms with Gasteiger partial charge in [0.2, 0.25) is 0 Å². The van der Waals surface area contributed by atoms with Crippen LogP contribution in [0.25, 0.3) is 6.08 Å². The molecule has 15 nitrogen and oxygen atoms in total. The van der Waals surface area contributed by atoms with E-state index >= 15 is 0 Å². The lowest BCUT2D eigenvalue weighted by atomic mass is 9.97. The minimum Gasteiger partial charge on any atom is -0.504 e. The molecular weight excluding hydrogens is 636 g/mol. The van der Waals surface area contributed by atoms with E-state index in [9.17, 15) is 40.5 Å². The van der Waals surface area contributed by atoms with E-state index < -0.39 is 80.1 Å². The normalized spacial score (nSPS) is 31.4. The third-order valence-electron chi connectivity index (χ3n) is 8.20. The topological polar surface area (TPSA) is 223 Å². The molecule has 11 unspecified atom stereocenters. The van der Waals surface area contributed by atoms with Crippen molar-refractivity contribution >= 4 is 12.0 Å². The van der Waals surface area contributed by atoms with Crippen LogP contribution < -0.4 is 9.47 Å². The van der Waals surface area contributed by atoms with Crippen molar-refractivity contribution < 1.29 is 73.7 Å². The summed E-state index contributed by atoms with van der Waals surface area (Å²) in [6, 6.07) is 9.45. The predicted molar refractivity (Wildman–Crippen MR) is 166 cm³/mol. The number of esters is 1. The third kappa shape index (κ3) is 9.13. The maximum atomic E-state index is 12.5. The van der Waals surface area contributed by atoms with E-state index in [2.05, 4.69) is 0 Å². The van der Waals surface area contributed by atoms with E-state index in [1.807, 2.05) is 12.1 Å². The van der Waals surface area contributed by atoms with Gasteiger partial charge < -0.3 is 68.9 Å². The van der Waals surface area contributed by atoms with Crippen LogP contribution in [-0.2, 0) is 34.9 Å². The molecule has 7 N–H and O–H groups in total. The molecular formula is C33H44O15. The number of aryl methyl sites for hydroxylation is 1. The van der Waals surface area contributed by atoms with Gasteiger partial charge in [-0.25, -0.2) is 4.79 Å². The van der Waals surface area contributed by atoms with Gasteiger partial charge in [-0.3, -0.25) is 0 Å². The van der Waals surface area contributed by atoms with Crippen LogP contribution in [0.2, 0.25) is 0 Å². The number of aromatic hydroxyl groups is 2. The van der Waals surface area contributed by atoms with Gasteiger partial charge in [-0.1, -0.05) is 12.1 Å². The molecule has 0 bridgehead atoms. The molecule has 0 amide bonds. The molecule has 2 aliphatic heterocycles. The van der Waals surface area contributed by atoms with Crippen molar-refractivity contribution in [2.45, 2.75) is 94.2 Å². The summed E-state index contributed by atoms with van der Waals surface area (Å²) in [6.07, 6.45) is -11.8. The van der Waals surface area contributed by atoms with Crippen LogP contribution in [-0.4, -0.2) is 130 Å². The molecule has 48 heavy (non-hydrogen) atoms. The first kappa shape index (κ1) is 37.3. The van der Waals surface area contributed by atoms with Gasteiger partial charge >= 0.3 is 5.97 Å². The maximum Gasteiger partial charge on any atom is 0.330 e. The number of phenolic OH excluding ortho intramolecular Hbond substituents is 2. The van der Waals surface area contributed by atoms with Crippen molar-refractivity contribution in [3.8, 4) is 23.0 Å². The summed E-state index contributed by atoms with van der Waals surface area (Å²) < 4.78 is 39.1. The van der Waals surface area contributed by atoms with Crippen molar-refractivity contribution in [2.24, 2.45) is 0 Å². The van der Waals surface area contributed by atoms with E-state index in [0.717, 1.165) is 11.6 Å². The number of phenols is 2. The molecule has 2 fully saturated rings. The summed E-state index contributed by atoms with van der Waals surface area (Å²) in [4.78, 5) is 12.5. The molecule has 2 aromatic carbocycles. The summed E-state index contributed by atoms with van der Waals surface area (Å²) >= 11 is 0. The largest absolute Gasteiger partial charge is 0.504 e. The number of hydrogen-bond acceptors (Lipinski definition) is 15. The Balaban J connectivity index is 1.45. The number of aliphatic hydroxyl groups is 5. The Hall–Kier alpha value is -3.51. The highest BCUT2D eigenvalue weighted by Crippen LogP contribution is 2.32. The molecule has 0 saturated carbocycles. The fourth-order valence-corrected chi connectivity index (χ4v) is 5.32. The molecule has 2 heterocycles. The summed E-state index contributed by atoms with van der Waals surface area (Å²) in [6.45, 7) is 2.70. The first-order valence-corrected chi connectivity index (χ1v) is 15.4. The zero-order valence-corrected chi connectivity index (χ0v) is 27.0. The lowest BCUT2D eigenvalue weighted by Crippen LogP contribution is -2.64. The van der Waals surface area contributed by atoms with Crippen LogP contribution >= 0.6 is 0 Å². The monoisotopic (exact) mass is 680 g/mol. The lowest BCUT2D eigenvalue weighted by Gasteiger charge is -2.46. The molecule has 15 heteroatoms. The molecule has 2 saturated heterocycles. The second-order valence-electron chi connectivity index (χ2n) is 11.7. The number of carbonyl (C=O) groups excluding carboxylic acids is 1. The Morgan fingerprint density at radius 1 is 0.854 bits per heavy atom. The molecule has 2 aromatic rings. The average Bonchev–Trinajstić information content (AvgIpc) is 3.07.